The summed E-state index contributed by atoms with van der Waals surface area (Å²) >= 11 is 0. The average Bonchev–Trinajstić information content (AvgIpc) is 2.82. The van der Waals surface area contributed by atoms with Crippen LogP contribution in [0.4, 0.5) is 13.2 Å². The largest absolute Gasteiger partial charge is 0.491 e. The van der Waals surface area contributed by atoms with Crippen LogP contribution in [0, 0.1) is 24.4 Å². The molecule has 0 unspecified atom stereocenters. The quantitative estimate of drug-likeness (QED) is 0.272. The van der Waals surface area contributed by atoms with Crippen LogP contribution in [0.2, 0.25) is 0 Å². The van der Waals surface area contributed by atoms with Crippen LogP contribution >= 0.6 is 0 Å². The van der Waals surface area contributed by atoms with E-state index in [1.807, 2.05) is 37.3 Å². The van der Waals surface area contributed by atoms with E-state index in [0.29, 0.717) is 23.3 Å². The van der Waals surface area contributed by atoms with Crippen molar-refractivity contribution in [1.29, 1.82) is 0 Å². The number of ether oxygens (including phenoxy) is 1. The Kier molecular flexibility index (Phi) is 6.64. The third-order valence-corrected chi connectivity index (χ3v) is 5.39. The molecule has 0 saturated carbocycles. The predicted octanol–water partition coefficient (Wildman–Crippen LogP) is 8.32. The Morgan fingerprint density at radius 1 is 0.667 bits per heavy atom. The van der Waals surface area contributed by atoms with Crippen LogP contribution in [-0.4, -0.2) is 6.61 Å². The lowest BCUT2D eigenvalue weighted by Gasteiger charge is -2.10. The van der Waals surface area contributed by atoms with Gasteiger partial charge in [-0.05, 0) is 48.2 Å². The summed E-state index contributed by atoms with van der Waals surface area (Å²) in [5.74, 6) is -1.93. The topological polar surface area (TPSA) is 9.23 Å². The predicted molar refractivity (Wildman–Crippen MR) is 128 cm³/mol. The highest BCUT2D eigenvalue weighted by Crippen LogP contribution is 2.32. The molecule has 4 heteroatoms. The van der Waals surface area contributed by atoms with E-state index in [2.05, 4.69) is 0 Å². The first-order valence-corrected chi connectivity index (χ1v) is 10.7. The van der Waals surface area contributed by atoms with E-state index in [1.165, 1.54) is 6.07 Å². The van der Waals surface area contributed by atoms with Crippen LogP contribution in [-0.2, 0) is 0 Å². The lowest BCUT2D eigenvalue weighted by Crippen LogP contribution is -1.94. The summed E-state index contributed by atoms with van der Waals surface area (Å²) in [4.78, 5) is 0. The van der Waals surface area contributed by atoms with Crippen molar-refractivity contribution in [2.75, 3.05) is 6.61 Å². The van der Waals surface area contributed by atoms with Gasteiger partial charge in [-0.3, -0.25) is 0 Å². The van der Waals surface area contributed by atoms with Gasteiger partial charge in [-0.1, -0.05) is 84.4 Å². The van der Waals surface area contributed by atoms with Crippen molar-refractivity contribution in [2.45, 2.75) is 13.8 Å². The summed E-state index contributed by atoms with van der Waals surface area (Å²) in [6.45, 7) is 4.15. The Bertz CT molecular complexity index is 1290. The molecule has 0 fully saturated rings. The zero-order chi connectivity index (χ0) is 23.4. The van der Waals surface area contributed by atoms with Crippen molar-refractivity contribution < 1.29 is 17.9 Å². The van der Waals surface area contributed by atoms with E-state index in [4.69, 9.17) is 4.74 Å². The van der Waals surface area contributed by atoms with Gasteiger partial charge in [-0.15, -0.1) is 0 Å². The summed E-state index contributed by atoms with van der Waals surface area (Å²) in [7, 11) is 0. The Labute approximate surface area is 191 Å². The molecule has 0 bridgehead atoms. The van der Waals surface area contributed by atoms with Crippen molar-refractivity contribution in [3.05, 3.63) is 113 Å². The van der Waals surface area contributed by atoms with Gasteiger partial charge in [0.15, 0.2) is 23.2 Å². The Hall–Kier alpha value is -3.79. The molecule has 0 saturated heterocycles. The van der Waals surface area contributed by atoms with E-state index in [-0.39, 0.29) is 16.9 Å². The fraction of sp³-hybridized carbons (Fsp3) is 0.103. The number of benzene rings is 4. The molecule has 1 nitrogen and oxygen atoms in total. The van der Waals surface area contributed by atoms with Crippen LogP contribution in [0.3, 0.4) is 0 Å². The first-order valence-electron chi connectivity index (χ1n) is 10.7. The summed E-state index contributed by atoms with van der Waals surface area (Å²) in [6.07, 6.45) is 3.61. The van der Waals surface area contributed by atoms with Gasteiger partial charge in [0.1, 0.15) is 0 Å². The fourth-order valence-corrected chi connectivity index (χ4v) is 3.59. The third-order valence-electron chi connectivity index (χ3n) is 5.39. The maximum Gasteiger partial charge on any atom is 0.167 e. The van der Waals surface area contributed by atoms with Crippen molar-refractivity contribution in [3.63, 3.8) is 0 Å². The highest BCUT2D eigenvalue weighted by atomic mass is 19.2. The van der Waals surface area contributed by atoms with Crippen molar-refractivity contribution in [3.8, 4) is 28.0 Å². The Morgan fingerprint density at radius 2 is 1.18 bits per heavy atom. The van der Waals surface area contributed by atoms with Crippen LogP contribution in [0.15, 0.2) is 78.9 Å². The third kappa shape index (κ3) is 5.01. The number of hydrogen-bond acceptors (Lipinski definition) is 1. The van der Waals surface area contributed by atoms with Crippen LogP contribution < -0.4 is 4.74 Å². The normalized spacial score (nSPS) is 11.2. The summed E-state index contributed by atoms with van der Waals surface area (Å²) in [5.41, 5.74) is 4.25. The SMILES string of the molecule is CCOc1ccc(/C=C/c2ccc(-c3ccc(-c4ccc(C)cc4)c(F)c3F)cc2)cc1F. The van der Waals surface area contributed by atoms with E-state index < -0.39 is 17.5 Å². The molecule has 0 N–H and O–H groups in total. The molecule has 4 aromatic carbocycles. The molecule has 0 atom stereocenters. The van der Waals surface area contributed by atoms with Gasteiger partial charge in [0, 0.05) is 11.1 Å². The molecule has 166 valence electrons. The number of hydrogen-bond donors (Lipinski definition) is 0. The summed E-state index contributed by atoms with van der Waals surface area (Å²) in [6, 6.07) is 22.4. The molecular weight excluding hydrogens is 421 g/mol. The van der Waals surface area contributed by atoms with E-state index in [1.54, 1.807) is 61.5 Å². The molecular formula is C29H23F3O. The van der Waals surface area contributed by atoms with Crippen LogP contribution in [0.1, 0.15) is 23.6 Å². The highest BCUT2D eigenvalue weighted by molar-refractivity contribution is 5.74. The minimum Gasteiger partial charge on any atom is -0.491 e. The molecule has 0 radical (unpaired) electrons. The van der Waals surface area contributed by atoms with Crippen molar-refractivity contribution >= 4 is 12.2 Å². The first-order chi connectivity index (χ1) is 16.0. The molecule has 0 heterocycles. The highest BCUT2D eigenvalue weighted by Gasteiger charge is 2.15. The van der Waals surface area contributed by atoms with E-state index >= 15 is 0 Å². The lowest BCUT2D eigenvalue weighted by atomic mass is 9.97. The number of aryl methyl sites for hydroxylation is 1. The standard InChI is InChI=1S/C29H23F3O/c1-3-33-27-17-10-21(18-26(27)30)7-6-20-8-13-23(14-9-20)25-16-15-24(28(31)29(25)32)22-11-4-19(2)5-12-22/h4-18H,3H2,1-2H3/b7-6+. The van der Waals surface area contributed by atoms with Gasteiger partial charge < -0.3 is 4.74 Å². The van der Waals surface area contributed by atoms with Gasteiger partial charge in [0.05, 0.1) is 6.61 Å². The molecule has 4 rings (SSSR count). The molecule has 0 aliphatic heterocycles. The number of rotatable bonds is 6. The second kappa shape index (κ2) is 9.78. The van der Waals surface area contributed by atoms with Gasteiger partial charge in [-0.2, -0.15) is 0 Å². The minimum atomic E-state index is -0.874. The maximum absolute atomic E-state index is 14.9. The maximum atomic E-state index is 14.9. The van der Waals surface area contributed by atoms with E-state index in [9.17, 15) is 13.2 Å². The first kappa shape index (κ1) is 22.4. The Morgan fingerprint density at radius 3 is 1.73 bits per heavy atom. The van der Waals surface area contributed by atoms with Gasteiger partial charge in [0.2, 0.25) is 0 Å². The molecule has 0 aromatic heterocycles. The smallest absolute Gasteiger partial charge is 0.167 e. The number of halogens is 3. The van der Waals surface area contributed by atoms with Gasteiger partial charge in [-0.25, -0.2) is 13.2 Å². The van der Waals surface area contributed by atoms with Crippen molar-refractivity contribution in [2.24, 2.45) is 0 Å². The second-order valence-electron chi connectivity index (χ2n) is 7.73. The van der Waals surface area contributed by atoms with Gasteiger partial charge in [0.25, 0.3) is 0 Å². The Balaban J connectivity index is 1.54. The molecule has 4 aromatic rings. The van der Waals surface area contributed by atoms with E-state index in [0.717, 1.165) is 11.1 Å². The molecule has 33 heavy (non-hydrogen) atoms. The van der Waals surface area contributed by atoms with Crippen molar-refractivity contribution in [1.82, 2.24) is 0 Å². The molecule has 0 aliphatic carbocycles. The summed E-state index contributed by atoms with van der Waals surface area (Å²) in [5, 5.41) is 0. The lowest BCUT2D eigenvalue weighted by molar-refractivity contribution is 0.321. The van der Waals surface area contributed by atoms with Crippen LogP contribution in [0.25, 0.3) is 34.4 Å². The second-order valence-corrected chi connectivity index (χ2v) is 7.73. The average molecular weight is 444 g/mol. The molecule has 0 aliphatic rings. The van der Waals surface area contributed by atoms with Gasteiger partial charge >= 0.3 is 0 Å². The zero-order valence-corrected chi connectivity index (χ0v) is 18.4. The summed E-state index contributed by atoms with van der Waals surface area (Å²) < 4.78 is 48.9. The van der Waals surface area contributed by atoms with Crippen LogP contribution in [0.5, 0.6) is 5.75 Å². The monoisotopic (exact) mass is 444 g/mol. The molecule has 0 spiro atoms. The zero-order valence-electron chi connectivity index (χ0n) is 18.4. The minimum absolute atomic E-state index is 0.201. The molecule has 0 amide bonds. The fourth-order valence-electron chi connectivity index (χ4n) is 3.59.